The van der Waals surface area contributed by atoms with Gasteiger partial charge >= 0.3 is 5.97 Å². The fourth-order valence-corrected chi connectivity index (χ4v) is 6.82. The average Bonchev–Trinajstić information content (AvgIpc) is 3.19. The monoisotopic (exact) mass is 533 g/mol. The normalized spacial score (nSPS) is 15.5. The van der Waals surface area contributed by atoms with Gasteiger partial charge in [0.2, 0.25) is 10.0 Å². The maximum Gasteiger partial charge on any atom is 0.326 e. The summed E-state index contributed by atoms with van der Waals surface area (Å²) in [4.78, 5) is 29.6. The number of carbonyl (C=O) groups is 2. The molecule has 4 rings (SSSR count). The van der Waals surface area contributed by atoms with Crippen molar-refractivity contribution in [3.05, 3.63) is 58.6 Å². The molecule has 36 heavy (non-hydrogen) atoms. The van der Waals surface area contributed by atoms with Gasteiger partial charge in [0.1, 0.15) is 12.4 Å². The van der Waals surface area contributed by atoms with E-state index in [0.29, 0.717) is 10.2 Å². The second kappa shape index (κ2) is 11.0. The highest BCUT2D eigenvalue weighted by atomic mass is 32.2. The van der Waals surface area contributed by atoms with Gasteiger partial charge in [0.25, 0.3) is 5.91 Å². The molecular weight excluding hydrogens is 505 g/mol. The molecule has 8 nitrogen and oxygen atoms in total. The molecule has 1 saturated carbocycles. The van der Waals surface area contributed by atoms with E-state index >= 15 is 0 Å². The van der Waals surface area contributed by atoms with Gasteiger partial charge < -0.3 is 9.30 Å². The highest BCUT2D eigenvalue weighted by Crippen LogP contribution is 2.26. The molecule has 2 aromatic carbocycles. The molecule has 1 amide bonds. The number of ether oxygens (including phenoxy) is 1. The number of rotatable bonds is 7. The second-order valence-corrected chi connectivity index (χ2v) is 11.6. The number of benzene rings is 2. The van der Waals surface area contributed by atoms with E-state index in [1.54, 1.807) is 14.0 Å². The van der Waals surface area contributed by atoms with Crippen molar-refractivity contribution in [1.82, 2.24) is 8.87 Å². The van der Waals surface area contributed by atoms with Crippen molar-refractivity contribution in [1.29, 1.82) is 0 Å². The minimum atomic E-state index is -3.68. The lowest BCUT2D eigenvalue weighted by Gasteiger charge is -2.30. The highest BCUT2D eigenvalue weighted by molar-refractivity contribution is 7.89. The lowest BCUT2D eigenvalue weighted by atomic mass is 9.96. The molecule has 0 bridgehead atoms. The largest absolute Gasteiger partial charge is 0.465 e. The molecular formula is C25H28FN3O5S2. The third-order valence-electron chi connectivity index (χ3n) is 6.30. The molecule has 11 heteroatoms. The van der Waals surface area contributed by atoms with Crippen molar-refractivity contribution in [2.75, 3.05) is 13.7 Å². The first-order valence-electron chi connectivity index (χ1n) is 11.8. The number of halogens is 1. The van der Waals surface area contributed by atoms with E-state index in [9.17, 15) is 22.4 Å². The molecule has 1 fully saturated rings. The summed E-state index contributed by atoms with van der Waals surface area (Å²) in [6.45, 7) is 1.71. The van der Waals surface area contributed by atoms with Gasteiger partial charge in [-0.3, -0.25) is 9.59 Å². The molecule has 1 heterocycles. The number of carbonyl (C=O) groups excluding carboxylic acids is 2. The number of hydrogen-bond donors (Lipinski definition) is 0. The van der Waals surface area contributed by atoms with Crippen LogP contribution in [0.25, 0.3) is 10.2 Å². The van der Waals surface area contributed by atoms with Gasteiger partial charge in [-0.05, 0) is 62.2 Å². The Morgan fingerprint density at radius 3 is 2.50 bits per heavy atom. The summed E-state index contributed by atoms with van der Waals surface area (Å²) in [7, 11) is -2.08. The predicted molar refractivity (Wildman–Crippen MR) is 135 cm³/mol. The summed E-state index contributed by atoms with van der Waals surface area (Å²) in [6, 6.07) is 9.75. The van der Waals surface area contributed by atoms with Crippen LogP contribution in [0.2, 0.25) is 0 Å². The van der Waals surface area contributed by atoms with Crippen molar-refractivity contribution in [3.63, 3.8) is 0 Å². The van der Waals surface area contributed by atoms with E-state index in [2.05, 4.69) is 4.99 Å². The maximum absolute atomic E-state index is 13.8. The first kappa shape index (κ1) is 26.2. The summed E-state index contributed by atoms with van der Waals surface area (Å²) in [6.07, 6.45) is 4.84. The topological polar surface area (TPSA) is 98.0 Å². The number of fused-ring (bicyclic) bond motifs is 1. The van der Waals surface area contributed by atoms with Crippen molar-refractivity contribution in [2.45, 2.75) is 56.5 Å². The Balaban J connectivity index is 1.63. The van der Waals surface area contributed by atoms with E-state index in [1.165, 1.54) is 51.3 Å². The number of thiazole rings is 1. The molecule has 0 N–H and O–H groups in total. The van der Waals surface area contributed by atoms with Crippen LogP contribution in [0.4, 0.5) is 4.39 Å². The molecule has 3 aromatic rings. The predicted octanol–water partition coefficient (Wildman–Crippen LogP) is 4.10. The summed E-state index contributed by atoms with van der Waals surface area (Å²) >= 11 is 1.07. The van der Waals surface area contributed by atoms with Crippen molar-refractivity contribution in [2.24, 2.45) is 4.99 Å². The minimum absolute atomic E-state index is 0.0206. The number of amides is 1. The van der Waals surface area contributed by atoms with Gasteiger partial charge in [-0.2, -0.15) is 9.30 Å². The third-order valence-corrected chi connectivity index (χ3v) is 9.27. The standard InChI is InChI=1S/C25H28FN3O5S2/c1-3-34-23(30)16-29-21-14-11-18(26)15-22(21)35-25(29)27-24(31)17-9-12-20(13-10-17)36(32,33)28(2)19-7-5-4-6-8-19/h9-15,19H,3-8,16H2,1-2H3. The molecule has 192 valence electrons. The number of nitrogens with zero attached hydrogens (tertiary/aromatic N) is 3. The zero-order chi connectivity index (χ0) is 25.9. The van der Waals surface area contributed by atoms with E-state index in [1.807, 2.05) is 0 Å². The number of sulfonamides is 1. The lowest BCUT2D eigenvalue weighted by molar-refractivity contribution is -0.143. The summed E-state index contributed by atoms with van der Waals surface area (Å²) < 4.78 is 48.4. The second-order valence-electron chi connectivity index (χ2n) is 8.64. The molecule has 0 unspecified atom stereocenters. The van der Waals surface area contributed by atoms with Gasteiger partial charge in [-0.1, -0.05) is 30.6 Å². The maximum atomic E-state index is 13.8. The van der Waals surface area contributed by atoms with Crippen LogP contribution < -0.4 is 4.80 Å². The Morgan fingerprint density at radius 2 is 1.83 bits per heavy atom. The van der Waals surface area contributed by atoms with Crippen LogP contribution in [0.1, 0.15) is 49.4 Å². The quantitative estimate of drug-likeness (QED) is 0.426. The molecule has 1 aliphatic rings. The Hall–Kier alpha value is -2.89. The van der Waals surface area contributed by atoms with Crippen LogP contribution in [0, 0.1) is 5.82 Å². The van der Waals surface area contributed by atoms with Gasteiger partial charge in [0.15, 0.2) is 4.80 Å². The van der Waals surface area contributed by atoms with E-state index in [4.69, 9.17) is 4.74 Å². The van der Waals surface area contributed by atoms with Crippen LogP contribution in [0.5, 0.6) is 0 Å². The molecule has 1 aromatic heterocycles. The average molecular weight is 534 g/mol. The van der Waals surface area contributed by atoms with Crippen LogP contribution >= 0.6 is 11.3 Å². The zero-order valence-electron chi connectivity index (χ0n) is 20.1. The molecule has 0 aliphatic heterocycles. The molecule has 0 atom stereocenters. The third kappa shape index (κ3) is 5.58. The van der Waals surface area contributed by atoms with Crippen molar-refractivity contribution in [3.8, 4) is 0 Å². The summed E-state index contributed by atoms with van der Waals surface area (Å²) in [5.41, 5.74) is 0.744. The SMILES string of the molecule is CCOC(=O)Cn1c(=NC(=O)c2ccc(S(=O)(=O)N(C)C3CCCCC3)cc2)sc2cc(F)ccc21. The Labute approximate surface area is 213 Å². The zero-order valence-corrected chi connectivity index (χ0v) is 21.8. The van der Waals surface area contributed by atoms with E-state index in [0.717, 1.165) is 43.4 Å². The Kier molecular flexibility index (Phi) is 8.01. The van der Waals surface area contributed by atoms with Gasteiger partial charge in [-0.15, -0.1) is 0 Å². The first-order chi connectivity index (χ1) is 17.2. The fraction of sp³-hybridized carbons (Fsp3) is 0.400. The van der Waals surface area contributed by atoms with E-state index in [-0.39, 0.29) is 34.5 Å². The fourth-order valence-electron chi connectivity index (χ4n) is 4.35. The summed E-state index contributed by atoms with van der Waals surface area (Å²) in [5.74, 6) is -1.56. The summed E-state index contributed by atoms with van der Waals surface area (Å²) in [5, 5.41) is 0. The van der Waals surface area contributed by atoms with Gasteiger partial charge in [0, 0.05) is 18.7 Å². The Morgan fingerprint density at radius 1 is 1.14 bits per heavy atom. The highest BCUT2D eigenvalue weighted by Gasteiger charge is 2.29. The van der Waals surface area contributed by atoms with E-state index < -0.39 is 27.7 Å². The first-order valence-corrected chi connectivity index (χ1v) is 14.1. The number of hydrogen-bond acceptors (Lipinski definition) is 6. The molecule has 1 aliphatic carbocycles. The van der Waals surface area contributed by atoms with Crippen molar-refractivity contribution < 1.29 is 27.1 Å². The molecule has 0 spiro atoms. The number of aromatic nitrogens is 1. The smallest absolute Gasteiger partial charge is 0.326 e. The van der Waals surface area contributed by atoms with Crippen LogP contribution in [0.15, 0.2) is 52.4 Å². The van der Waals surface area contributed by atoms with Crippen molar-refractivity contribution >= 4 is 43.5 Å². The number of esters is 1. The minimum Gasteiger partial charge on any atom is -0.465 e. The van der Waals surface area contributed by atoms with Crippen LogP contribution in [-0.4, -0.2) is 48.9 Å². The molecule has 0 saturated heterocycles. The van der Waals surface area contributed by atoms with Gasteiger partial charge in [0.05, 0.1) is 21.7 Å². The molecule has 0 radical (unpaired) electrons. The Bertz CT molecular complexity index is 1440. The van der Waals surface area contributed by atoms with Gasteiger partial charge in [-0.25, -0.2) is 12.8 Å². The van der Waals surface area contributed by atoms with Crippen LogP contribution in [0.3, 0.4) is 0 Å². The lowest BCUT2D eigenvalue weighted by Crippen LogP contribution is -2.38. The van der Waals surface area contributed by atoms with Crippen LogP contribution in [-0.2, 0) is 26.1 Å².